The van der Waals surface area contributed by atoms with Gasteiger partial charge in [-0.05, 0) is 19.4 Å². The van der Waals surface area contributed by atoms with Gasteiger partial charge in [0.25, 0.3) is 0 Å². The van der Waals surface area contributed by atoms with E-state index in [1.807, 2.05) is 23.9 Å². The van der Waals surface area contributed by atoms with E-state index in [2.05, 4.69) is 5.10 Å². The summed E-state index contributed by atoms with van der Waals surface area (Å²) in [4.78, 5) is 0. The molecule has 0 spiro atoms. The van der Waals surface area contributed by atoms with Gasteiger partial charge < -0.3 is 4.74 Å². The highest BCUT2D eigenvalue weighted by Gasteiger charge is 2.15. The smallest absolute Gasteiger partial charge is 0.0593 e. The molecule has 66 valence electrons. The molecule has 1 unspecified atom stereocenters. The normalized spacial score (nSPS) is 23.2. The van der Waals surface area contributed by atoms with Gasteiger partial charge in [0.2, 0.25) is 0 Å². The van der Waals surface area contributed by atoms with Crippen LogP contribution in [-0.4, -0.2) is 23.0 Å². The standard InChI is InChI=1S/C9H14N2O/c1-8-2-4-11(10-8)6-9-3-5-12-7-9/h2,4,9H,3,5-7H2,1H3. The van der Waals surface area contributed by atoms with E-state index in [9.17, 15) is 0 Å². The predicted octanol–water partition coefficient (Wildman–Crippen LogP) is 1.23. The van der Waals surface area contributed by atoms with Crippen LogP contribution in [0.4, 0.5) is 0 Å². The largest absolute Gasteiger partial charge is 0.381 e. The van der Waals surface area contributed by atoms with E-state index < -0.39 is 0 Å². The molecule has 0 aromatic carbocycles. The first-order valence-corrected chi connectivity index (χ1v) is 4.42. The Bertz CT molecular complexity index is 251. The Morgan fingerprint density at radius 2 is 2.67 bits per heavy atom. The zero-order chi connectivity index (χ0) is 8.39. The van der Waals surface area contributed by atoms with Gasteiger partial charge in [0.1, 0.15) is 0 Å². The summed E-state index contributed by atoms with van der Waals surface area (Å²) in [7, 11) is 0. The second kappa shape index (κ2) is 3.27. The van der Waals surface area contributed by atoms with Crippen LogP contribution in [0, 0.1) is 12.8 Å². The zero-order valence-electron chi connectivity index (χ0n) is 7.36. The van der Waals surface area contributed by atoms with Gasteiger partial charge in [0.15, 0.2) is 0 Å². The van der Waals surface area contributed by atoms with Crippen LogP contribution < -0.4 is 0 Å². The molecular weight excluding hydrogens is 152 g/mol. The lowest BCUT2D eigenvalue weighted by Crippen LogP contribution is -2.10. The first-order chi connectivity index (χ1) is 5.84. The van der Waals surface area contributed by atoms with Crippen LogP contribution in [0.2, 0.25) is 0 Å². The quantitative estimate of drug-likeness (QED) is 0.660. The van der Waals surface area contributed by atoms with Gasteiger partial charge in [-0.2, -0.15) is 5.10 Å². The Hall–Kier alpha value is -0.830. The molecule has 0 radical (unpaired) electrons. The summed E-state index contributed by atoms with van der Waals surface area (Å²) in [6.45, 7) is 4.85. The van der Waals surface area contributed by atoms with Crippen LogP contribution in [0.15, 0.2) is 12.3 Å². The predicted molar refractivity (Wildman–Crippen MR) is 45.9 cm³/mol. The molecule has 0 bridgehead atoms. The molecule has 3 heteroatoms. The second-order valence-electron chi connectivity index (χ2n) is 3.41. The molecule has 1 aromatic rings. The first-order valence-electron chi connectivity index (χ1n) is 4.42. The second-order valence-corrected chi connectivity index (χ2v) is 3.41. The summed E-state index contributed by atoms with van der Waals surface area (Å²) in [6.07, 6.45) is 3.21. The molecule has 2 heterocycles. The molecule has 1 fully saturated rings. The Balaban J connectivity index is 1.94. The Morgan fingerprint density at radius 1 is 1.75 bits per heavy atom. The van der Waals surface area contributed by atoms with Gasteiger partial charge in [0, 0.05) is 25.3 Å². The molecule has 0 amide bonds. The van der Waals surface area contributed by atoms with E-state index in [4.69, 9.17) is 4.74 Å². The first kappa shape index (κ1) is 7.80. The van der Waals surface area contributed by atoms with E-state index in [0.717, 1.165) is 25.5 Å². The van der Waals surface area contributed by atoms with Crippen LogP contribution >= 0.6 is 0 Å². The van der Waals surface area contributed by atoms with Crippen LogP contribution in [0.5, 0.6) is 0 Å². The minimum atomic E-state index is 0.671. The van der Waals surface area contributed by atoms with Crippen LogP contribution in [0.3, 0.4) is 0 Å². The third-order valence-corrected chi connectivity index (χ3v) is 2.24. The van der Waals surface area contributed by atoms with Crippen LogP contribution in [0.25, 0.3) is 0 Å². The van der Waals surface area contributed by atoms with Crippen molar-refractivity contribution in [2.24, 2.45) is 5.92 Å². The Morgan fingerprint density at radius 3 is 3.25 bits per heavy atom. The van der Waals surface area contributed by atoms with Crippen molar-refractivity contribution >= 4 is 0 Å². The summed E-state index contributed by atoms with van der Waals surface area (Å²) in [5, 5.41) is 4.34. The maximum atomic E-state index is 5.29. The van der Waals surface area contributed by atoms with E-state index >= 15 is 0 Å². The summed E-state index contributed by atoms with van der Waals surface area (Å²) in [6, 6.07) is 2.04. The SMILES string of the molecule is Cc1ccn(CC2CCOC2)n1. The van der Waals surface area contributed by atoms with Gasteiger partial charge in [-0.3, -0.25) is 4.68 Å². The van der Waals surface area contributed by atoms with Crippen molar-refractivity contribution in [3.05, 3.63) is 18.0 Å². The molecule has 3 nitrogen and oxygen atoms in total. The fourth-order valence-corrected chi connectivity index (χ4v) is 1.56. The van der Waals surface area contributed by atoms with Crippen molar-refractivity contribution in [3.8, 4) is 0 Å². The fraction of sp³-hybridized carbons (Fsp3) is 0.667. The minimum Gasteiger partial charge on any atom is -0.381 e. The number of hydrogen-bond donors (Lipinski definition) is 0. The lowest BCUT2D eigenvalue weighted by molar-refractivity contribution is 0.181. The highest BCUT2D eigenvalue weighted by Crippen LogP contribution is 2.14. The fourth-order valence-electron chi connectivity index (χ4n) is 1.56. The average Bonchev–Trinajstić information content (AvgIpc) is 2.63. The third-order valence-electron chi connectivity index (χ3n) is 2.24. The van der Waals surface area contributed by atoms with Gasteiger partial charge in [-0.1, -0.05) is 0 Å². The lowest BCUT2D eigenvalue weighted by atomic mass is 10.1. The summed E-state index contributed by atoms with van der Waals surface area (Å²) >= 11 is 0. The molecule has 1 saturated heterocycles. The molecular formula is C9H14N2O. The van der Waals surface area contributed by atoms with Gasteiger partial charge in [0.05, 0.1) is 12.3 Å². The minimum absolute atomic E-state index is 0.671. The Labute approximate surface area is 72.3 Å². The van der Waals surface area contributed by atoms with E-state index in [1.54, 1.807) is 0 Å². The summed E-state index contributed by atoms with van der Waals surface area (Å²) in [5.74, 6) is 0.671. The molecule has 1 aliphatic rings. The van der Waals surface area contributed by atoms with Gasteiger partial charge in [-0.15, -0.1) is 0 Å². The van der Waals surface area contributed by atoms with Crippen LogP contribution in [-0.2, 0) is 11.3 Å². The lowest BCUT2D eigenvalue weighted by Gasteiger charge is -2.06. The number of aromatic nitrogens is 2. The van der Waals surface area contributed by atoms with E-state index in [-0.39, 0.29) is 0 Å². The van der Waals surface area contributed by atoms with Gasteiger partial charge >= 0.3 is 0 Å². The number of ether oxygens (including phenoxy) is 1. The van der Waals surface area contributed by atoms with Crippen molar-refractivity contribution < 1.29 is 4.74 Å². The molecule has 0 aliphatic carbocycles. The Kier molecular flexibility index (Phi) is 2.13. The maximum absolute atomic E-state index is 5.29. The number of hydrogen-bond acceptors (Lipinski definition) is 2. The highest BCUT2D eigenvalue weighted by atomic mass is 16.5. The zero-order valence-corrected chi connectivity index (χ0v) is 7.36. The van der Waals surface area contributed by atoms with Crippen molar-refractivity contribution in [2.75, 3.05) is 13.2 Å². The molecule has 12 heavy (non-hydrogen) atoms. The van der Waals surface area contributed by atoms with Crippen molar-refractivity contribution in [2.45, 2.75) is 19.9 Å². The number of aryl methyl sites for hydroxylation is 1. The molecule has 1 aromatic heterocycles. The van der Waals surface area contributed by atoms with Crippen molar-refractivity contribution in [1.29, 1.82) is 0 Å². The molecule has 2 rings (SSSR count). The summed E-state index contributed by atoms with van der Waals surface area (Å²) in [5.41, 5.74) is 1.09. The molecule has 1 atom stereocenters. The number of rotatable bonds is 2. The number of nitrogens with zero attached hydrogens (tertiary/aromatic N) is 2. The van der Waals surface area contributed by atoms with Crippen molar-refractivity contribution in [3.63, 3.8) is 0 Å². The van der Waals surface area contributed by atoms with Crippen molar-refractivity contribution in [1.82, 2.24) is 9.78 Å². The molecule has 1 aliphatic heterocycles. The maximum Gasteiger partial charge on any atom is 0.0593 e. The average molecular weight is 166 g/mol. The highest BCUT2D eigenvalue weighted by molar-refractivity contribution is 4.94. The van der Waals surface area contributed by atoms with E-state index in [0.29, 0.717) is 5.92 Å². The van der Waals surface area contributed by atoms with Gasteiger partial charge in [-0.25, -0.2) is 0 Å². The molecule has 0 N–H and O–H groups in total. The van der Waals surface area contributed by atoms with E-state index in [1.165, 1.54) is 6.42 Å². The topological polar surface area (TPSA) is 27.1 Å². The summed E-state index contributed by atoms with van der Waals surface area (Å²) < 4.78 is 7.30. The third kappa shape index (κ3) is 1.67. The molecule has 0 saturated carbocycles. The van der Waals surface area contributed by atoms with Crippen LogP contribution in [0.1, 0.15) is 12.1 Å². The monoisotopic (exact) mass is 166 g/mol.